The maximum Gasteiger partial charge on any atom is 0.244 e. The Labute approximate surface area is 146 Å². The molecule has 1 heterocycles. The lowest BCUT2D eigenvalue weighted by molar-refractivity contribution is -0.133. The fourth-order valence-electron chi connectivity index (χ4n) is 2.37. The van der Waals surface area contributed by atoms with Crippen LogP contribution >= 0.6 is 23.2 Å². The topological polar surface area (TPSA) is 60.9 Å². The van der Waals surface area contributed by atoms with Gasteiger partial charge in [-0.15, -0.1) is 0 Å². The molecule has 6 nitrogen and oxygen atoms in total. The van der Waals surface area contributed by atoms with Crippen LogP contribution in [0.2, 0.25) is 10.0 Å². The lowest BCUT2D eigenvalue weighted by Crippen LogP contribution is -2.52. The minimum atomic E-state index is -3.72. The zero-order valence-electron chi connectivity index (χ0n) is 13.0. The molecule has 1 aliphatic heterocycles. The van der Waals surface area contributed by atoms with Gasteiger partial charge in [0, 0.05) is 26.2 Å². The molecule has 1 aliphatic rings. The van der Waals surface area contributed by atoms with E-state index in [-0.39, 0.29) is 33.9 Å². The number of carbonyl (C=O) groups is 1. The Bertz CT molecular complexity index is 687. The van der Waals surface area contributed by atoms with Crippen molar-refractivity contribution in [1.29, 1.82) is 0 Å². The molecule has 0 saturated carbocycles. The standard InChI is InChI=1S/C14H19Cl2N3O3S/c1-17(2)10-13(20)18-6-8-19(9-7-18)23(21,22)12-5-3-4-11(15)14(12)16/h3-5H,6-10H2,1-2H3. The molecule has 23 heavy (non-hydrogen) atoms. The van der Waals surface area contributed by atoms with E-state index in [0.29, 0.717) is 19.6 Å². The molecule has 0 radical (unpaired) electrons. The molecule has 0 N–H and O–H groups in total. The van der Waals surface area contributed by atoms with Gasteiger partial charge in [-0.1, -0.05) is 29.3 Å². The number of amides is 1. The molecular formula is C14H19Cl2N3O3S. The molecular weight excluding hydrogens is 361 g/mol. The summed E-state index contributed by atoms with van der Waals surface area (Å²) in [5, 5.41) is 0.229. The summed E-state index contributed by atoms with van der Waals surface area (Å²) in [4.78, 5) is 15.5. The van der Waals surface area contributed by atoms with Crippen LogP contribution in [0.1, 0.15) is 0 Å². The van der Waals surface area contributed by atoms with Gasteiger partial charge in [-0.25, -0.2) is 8.42 Å². The number of hydrogen-bond donors (Lipinski definition) is 0. The largest absolute Gasteiger partial charge is 0.339 e. The van der Waals surface area contributed by atoms with Crippen molar-refractivity contribution in [2.45, 2.75) is 4.90 Å². The van der Waals surface area contributed by atoms with Gasteiger partial charge < -0.3 is 9.80 Å². The Morgan fingerprint density at radius 1 is 1.17 bits per heavy atom. The van der Waals surface area contributed by atoms with Crippen molar-refractivity contribution in [2.75, 3.05) is 46.8 Å². The van der Waals surface area contributed by atoms with Crippen LogP contribution in [0.5, 0.6) is 0 Å². The molecule has 9 heteroatoms. The second-order valence-corrected chi connectivity index (χ2v) is 8.27. The highest BCUT2D eigenvalue weighted by atomic mass is 35.5. The van der Waals surface area contributed by atoms with Crippen LogP contribution < -0.4 is 0 Å². The number of rotatable bonds is 4. The third kappa shape index (κ3) is 4.16. The number of carbonyl (C=O) groups excluding carboxylic acids is 1. The summed E-state index contributed by atoms with van der Waals surface area (Å²) in [7, 11) is -0.0804. The summed E-state index contributed by atoms with van der Waals surface area (Å²) in [6.45, 7) is 1.52. The van der Waals surface area contributed by atoms with E-state index in [1.54, 1.807) is 21.9 Å². The van der Waals surface area contributed by atoms with Crippen LogP contribution in [-0.4, -0.2) is 75.2 Å². The number of piperazine rings is 1. The molecule has 0 bridgehead atoms. The molecule has 1 aromatic carbocycles. The van der Waals surface area contributed by atoms with Gasteiger partial charge in [-0.05, 0) is 26.2 Å². The van der Waals surface area contributed by atoms with Crippen molar-refractivity contribution >= 4 is 39.1 Å². The van der Waals surface area contributed by atoms with Crippen LogP contribution in [-0.2, 0) is 14.8 Å². The third-order valence-corrected chi connectivity index (χ3v) is 6.45. The molecule has 2 rings (SSSR count). The van der Waals surface area contributed by atoms with E-state index in [9.17, 15) is 13.2 Å². The lowest BCUT2D eigenvalue weighted by Gasteiger charge is -2.34. The van der Waals surface area contributed by atoms with E-state index in [2.05, 4.69) is 0 Å². The Kier molecular flexibility index (Phi) is 5.91. The summed E-state index contributed by atoms with van der Waals surface area (Å²) in [6, 6.07) is 4.53. The van der Waals surface area contributed by atoms with Crippen molar-refractivity contribution in [3.05, 3.63) is 28.2 Å². The minimum Gasteiger partial charge on any atom is -0.339 e. The number of sulfonamides is 1. The second-order valence-electron chi connectivity index (χ2n) is 5.57. The highest BCUT2D eigenvalue weighted by Gasteiger charge is 2.31. The number of benzene rings is 1. The van der Waals surface area contributed by atoms with Gasteiger partial charge in [0.05, 0.1) is 16.6 Å². The Balaban J connectivity index is 2.10. The van der Waals surface area contributed by atoms with Crippen LogP contribution in [0.4, 0.5) is 0 Å². The van der Waals surface area contributed by atoms with E-state index in [1.165, 1.54) is 10.4 Å². The van der Waals surface area contributed by atoms with Gasteiger partial charge in [0.1, 0.15) is 4.90 Å². The zero-order valence-corrected chi connectivity index (χ0v) is 15.3. The average Bonchev–Trinajstić information content (AvgIpc) is 2.49. The van der Waals surface area contributed by atoms with Gasteiger partial charge in [0.15, 0.2) is 0 Å². The summed E-state index contributed by atoms with van der Waals surface area (Å²) >= 11 is 11.9. The quantitative estimate of drug-likeness (QED) is 0.792. The number of nitrogens with zero attached hydrogens (tertiary/aromatic N) is 3. The Morgan fingerprint density at radius 2 is 1.78 bits per heavy atom. The first-order valence-corrected chi connectivity index (χ1v) is 9.29. The smallest absolute Gasteiger partial charge is 0.244 e. The van der Waals surface area contributed by atoms with Crippen molar-refractivity contribution in [3.8, 4) is 0 Å². The molecule has 0 aliphatic carbocycles. The zero-order chi connectivity index (χ0) is 17.2. The molecule has 0 spiro atoms. The van der Waals surface area contributed by atoms with E-state index >= 15 is 0 Å². The fraction of sp³-hybridized carbons (Fsp3) is 0.500. The summed E-state index contributed by atoms with van der Waals surface area (Å²) in [5.41, 5.74) is 0. The van der Waals surface area contributed by atoms with Crippen molar-refractivity contribution in [1.82, 2.24) is 14.1 Å². The van der Waals surface area contributed by atoms with Crippen molar-refractivity contribution in [2.24, 2.45) is 0 Å². The molecule has 128 valence electrons. The highest BCUT2D eigenvalue weighted by Crippen LogP contribution is 2.31. The minimum absolute atomic E-state index is 0.000246. The van der Waals surface area contributed by atoms with Crippen LogP contribution in [0.15, 0.2) is 23.1 Å². The fourth-order valence-corrected chi connectivity index (χ4v) is 4.53. The monoisotopic (exact) mass is 379 g/mol. The van der Waals surface area contributed by atoms with Crippen molar-refractivity contribution < 1.29 is 13.2 Å². The van der Waals surface area contributed by atoms with Crippen LogP contribution in [0.25, 0.3) is 0 Å². The first-order valence-electron chi connectivity index (χ1n) is 7.10. The Hall–Kier alpha value is -0.860. The molecule has 0 aromatic heterocycles. The normalized spacial score (nSPS) is 16.8. The maximum atomic E-state index is 12.7. The number of hydrogen-bond acceptors (Lipinski definition) is 4. The third-order valence-electron chi connectivity index (χ3n) is 3.58. The lowest BCUT2D eigenvalue weighted by atomic mass is 10.3. The van der Waals surface area contributed by atoms with Crippen LogP contribution in [0.3, 0.4) is 0 Å². The predicted molar refractivity (Wildman–Crippen MR) is 90.4 cm³/mol. The number of likely N-dealkylation sites (N-methyl/N-ethyl adjacent to an activating group) is 1. The maximum absolute atomic E-state index is 12.7. The van der Waals surface area contributed by atoms with E-state index in [1.807, 2.05) is 14.1 Å². The number of halogens is 2. The van der Waals surface area contributed by atoms with E-state index in [0.717, 1.165) is 0 Å². The summed E-state index contributed by atoms with van der Waals surface area (Å²) in [5.74, 6) is -0.00663. The van der Waals surface area contributed by atoms with E-state index in [4.69, 9.17) is 23.2 Å². The highest BCUT2D eigenvalue weighted by molar-refractivity contribution is 7.89. The van der Waals surface area contributed by atoms with E-state index < -0.39 is 10.0 Å². The molecule has 0 unspecified atom stereocenters. The summed E-state index contributed by atoms with van der Waals surface area (Å²) < 4.78 is 26.7. The van der Waals surface area contributed by atoms with Gasteiger partial charge in [0.2, 0.25) is 15.9 Å². The van der Waals surface area contributed by atoms with Gasteiger partial charge >= 0.3 is 0 Å². The van der Waals surface area contributed by atoms with Crippen molar-refractivity contribution in [3.63, 3.8) is 0 Å². The first kappa shape index (κ1) is 18.5. The molecule has 0 atom stereocenters. The molecule has 1 saturated heterocycles. The molecule has 1 amide bonds. The predicted octanol–water partition coefficient (Wildman–Crippen LogP) is 1.39. The van der Waals surface area contributed by atoms with Crippen LogP contribution in [0, 0.1) is 0 Å². The second kappa shape index (κ2) is 7.36. The van der Waals surface area contributed by atoms with Gasteiger partial charge in [-0.2, -0.15) is 4.31 Å². The summed E-state index contributed by atoms with van der Waals surface area (Å²) in [6.07, 6.45) is 0. The SMILES string of the molecule is CN(C)CC(=O)N1CCN(S(=O)(=O)c2cccc(Cl)c2Cl)CC1. The molecule has 1 aromatic rings. The van der Waals surface area contributed by atoms with Gasteiger partial charge in [-0.3, -0.25) is 4.79 Å². The average molecular weight is 380 g/mol. The first-order chi connectivity index (χ1) is 10.7. The van der Waals surface area contributed by atoms with Gasteiger partial charge in [0.25, 0.3) is 0 Å². The molecule has 1 fully saturated rings. The Morgan fingerprint density at radius 3 is 2.35 bits per heavy atom.